The van der Waals surface area contributed by atoms with E-state index in [1.807, 2.05) is 0 Å². The molecule has 0 bridgehead atoms. The molecule has 1 unspecified atom stereocenters. The van der Waals surface area contributed by atoms with Crippen LogP contribution in [0.5, 0.6) is 0 Å². The van der Waals surface area contributed by atoms with Gasteiger partial charge in [-0.1, -0.05) is 12.5 Å². The molecule has 0 radical (unpaired) electrons. The molecule has 7 heteroatoms. The molecule has 5 nitrogen and oxygen atoms in total. The van der Waals surface area contributed by atoms with Crippen molar-refractivity contribution in [3.8, 4) is 0 Å². The van der Waals surface area contributed by atoms with Crippen LogP contribution in [0.3, 0.4) is 0 Å². The smallest absolute Gasteiger partial charge is 0.178 e. The number of aromatic nitrogens is 2. The molecule has 1 aliphatic heterocycles. The van der Waals surface area contributed by atoms with Gasteiger partial charge in [0.15, 0.2) is 9.84 Å². The van der Waals surface area contributed by atoms with Gasteiger partial charge in [0.1, 0.15) is 4.90 Å². The zero-order valence-corrected chi connectivity index (χ0v) is 13.6. The fourth-order valence-corrected chi connectivity index (χ4v) is 4.48. The van der Waals surface area contributed by atoms with Crippen molar-refractivity contribution < 1.29 is 8.42 Å². The van der Waals surface area contributed by atoms with Gasteiger partial charge in [-0.3, -0.25) is 10.00 Å². The van der Waals surface area contributed by atoms with Gasteiger partial charge in [0.05, 0.1) is 17.9 Å². The van der Waals surface area contributed by atoms with E-state index in [4.69, 9.17) is 0 Å². The Kier molecular flexibility index (Phi) is 4.14. The number of aromatic amines is 1. The van der Waals surface area contributed by atoms with Gasteiger partial charge in [-0.2, -0.15) is 5.10 Å². The summed E-state index contributed by atoms with van der Waals surface area (Å²) in [5.74, 6) is 0. The van der Waals surface area contributed by atoms with E-state index in [9.17, 15) is 8.42 Å². The molecule has 0 amide bonds. The summed E-state index contributed by atoms with van der Waals surface area (Å²) in [4.78, 5) is 4.00. The zero-order chi connectivity index (χ0) is 14.9. The lowest BCUT2D eigenvalue weighted by Crippen LogP contribution is -2.33. The van der Waals surface area contributed by atoms with E-state index in [0.717, 1.165) is 38.0 Å². The van der Waals surface area contributed by atoms with Gasteiger partial charge in [-0.05, 0) is 30.8 Å². The molecule has 2 aromatic heterocycles. The fraction of sp³-hybridized carbons (Fsp3) is 0.500. The SMILES string of the molecule is CS(=O)(=O)c1cn[nH]c1C1CCCCN1Cc1cccs1. The Balaban J connectivity index is 1.89. The number of rotatable bonds is 4. The van der Waals surface area contributed by atoms with Gasteiger partial charge in [0.2, 0.25) is 0 Å². The predicted octanol–water partition coefficient (Wildman–Crippen LogP) is 2.60. The van der Waals surface area contributed by atoms with E-state index in [0.29, 0.717) is 4.90 Å². The summed E-state index contributed by atoms with van der Waals surface area (Å²) in [6.45, 7) is 1.86. The number of thiophene rings is 1. The lowest BCUT2D eigenvalue weighted by Gasteiger charge is -2.35. The summed E-state index contributed by atoms with van der Waals surface area (Å²) in [6.07, 6.45) is 5.92. The summed E-state index contributed by atoms with van der Waals surface area (Å²) in [6, 6.07) is 4.28. The van der Waals surface area contributed by atoms with E-state index in [1.165, 1.54) is 17.3 Å². The standard InChI is InChI=1S/C14H19N3O2S2/c1-21(18,19)13-9-15-16-14(13)12-6-2-3-7-17(12)10-11-5-4-8-20-11/h4-5,8-9,12H,2-3,6-7,10H2,1H3,(H,15,16). The molecular weight excluding hydrogens is 306 g/mol. The molecule has 1 fully saturated rings. The molecule has 0 spiro atoms. The molecular formula is C14H19N3O2S2. The van der Waals surface area contributed by atoms with Gasteiger partial charge in [0, 0.05) is 17.7 Å². The molecule has 0 aliphatic carbocycles. The van der Waals surface area contributed by atoms with Crippen LogP contribution in [-0.4, -0.2) is 36.3 Å². The second kappa shape index (κ2) is 5.90. The summed E-state index contributed by atoms with van der Waals surface area (Å²) < 4.78 is 23.8. The maximum atomic E-state index is 11.9. The minimum atomic E-state index is -3.24. The fourth-order valence-electron chi connectivity index (χ4n) is 2.93. The van der Waals surface area contributed by atoms with Gasteiger partial charge < -0.3 is 0 Å². The maximum absolute atomic E-state index is 11.9. The number of hydrogen-bond donors (Lipinski definition) is 1. The summed E-state index contributed by atoms with van der Waals surface area (Å²) in [5, 5.41) is 8.97. The van der Waals surface area contributed by atoms with Crippen molar-refractivity contribution >= 4 is 21.2 Å². The average molecular weight is 325 g/mol. The van der Waals surface area contributed by atoms with Gasteiger partial charge >= 0.3 is 0 Å². The second-order valence-corrected chi connectivity index (χ2v) is 8.50. The first kappa shape index (κ1) is 14.7. The Morgan fingerprint density at radius 1 is 1.48 bits per heavy atom. The van der Waals surface area contributed by atoms with Crippen molar-refractivity contribution in [2.75, 3.05) is 12.8 Å². The van der Waals surface area contributed by atoms with Crippen LogP contribution in [0.2, 0.25) is 0 Å². The monoisotopic (exact) mass is 325 g/mol. The van der Waals surface area contributed by atoms with E-state index >= 15 is 0 Å². The molecule has 1 N–H and O–H groups in total. The van der Waals surface area contributed by atoms with Crippen LogP contribution >= 0.6 is 11.3 Å². The molecule has 21 heavy (non-hydrogen) atoms. The first-order chi connectivity index (χ1) is 10.1. The van der Waals surface area contributed by atoms with E-state index in [2.05, 4.69) is 32.6 Å². The normalized spacial score (nSPS) is 20.7. The number of nitrogens with zero attached hydrogens (tertiary/aromatic N) is 2. The van der Waals surface area contributed by atoms with Crippen LogP contribution in [0.15, 0.2) is 28.6 Å². The lowest BCUT2D eigenvalue weighted by molar-refractivity contribution is 0.136. The molecule has 1 aliphatic rings. The third kappa shape index (κ3) is 3.20. The minimum absolute atomic E-state index is 0.105. The Morgan fingerprint density at radius 2 is 2.33 bits per heavy atom. The topological polar surface area (TPSA) is 66.1 Å². The number of hydrogen-bond acceptors (Lipinski definition) is 5. The summed E-state index contributed by atoms with van der Waals surface area (Å²) in [5.41, 5.74) is 0.744. The average Bonchev–Trinajstić information content (AvgIpc) is 3.08. The first-order valence-corrected chi connectivity index (χ1v) is 9.82. The van der Waals surface area contributed by atoms with E-state index in [1.54, 1.807) is 11.3 Å². The largest absolute Gasteiger partial charge is 0.290 e. The highest BCUT2D eigenvalue weighted by molar-refractivity contribution is 7.90. The third-order valence-corrected chi connectivity index (χ3v) is 5.90. The summed E-state index contributed by atoms with van der Waals surface area (Å²) in [7, 11) is -3.24. The zero-order valence-electron chi connectivity index (χ0n) is 11.9. The molecule has 1 saturated heterocycles. The Bertz CT molecular complexity index is 692. The summed E-state index contributed by atoms with van der Waals surface area (Å²) >= 11 is 1.74. The number of sulfone groups is 1. The molecule has 114 valence electrons. The second-order valence-electron chi connectivity index (χ2n) is 5.48. The molecule has 1 atom stereocenters. The third-order valence-electron chi connectivity index (χ3n) is 3.92. The highest BCUT2D eigenvalue weighted by Crippen LogP contribution is 2.34. The molecule has 3 rings (SSSR count). The van der Waals surface area contributed by atoms with Crippen LogP contribution in [0, 0.1) is 0 Å². The minimum Gasteiger partial charge on any atom is -0.290 e. The van der Waals surface area contributed by atoms with Gasteiger partial charge in [-0.25, -0.2) is 8.42 Å². The Labute approximate surface area is 128 Å². The van der Waals surface area contributed by atoms with E-state index in [-0.39, 0.29) is 6.04 Å². The van der Waals surface area contributed by atoms with Crippen LogP contribution in [0.1, 0.15) is 35.9 Å². The number of piperidine rings is 1. The van der Waals surface area contributed by atoms with Crippen molar-refractivity contribution in [2.24, 2.45) is 0 Å². The highest BCUT2D eigenvalue weighted by atomic mass is 32.2. The van der Waals surface area contributed by atoms with Gasteiger partial charge in [-0.15, -0.1) is 11.3 Å². The van der Waals surface area contributed by atoms with Crippen molar-refractivity contribution in [2.45, 2.75) is 36.7 Å². The highest BCUT2D eigenvalue weighted by Gasteiger charge is 2.30. The molecule has 0 aromatic carbocycles. The first-order valence-electron chi connectivity index (χ1n) is 7.05. The number of likely N-dealkylation sites (tertiary alicyclic amines) is 1. The Hall–Kier alpha value is -1.18. The van der Waals surface area contributed by atoms with Crippen molar-refractivity contribution in [3.05, 3.63) is 34.3 Å². The van der Waals surface area contributed by atoms with Crippen LogP contribution < -0.4 is 0 Å². The molecule has 3 heterocycles. The van der Waals surface area contributed by atoms with Gasteiger partial charge in [0.25, 0.3) is 0 Å². The predicted molar refractivity (Wildman–Crippen MR) is 83.0 cm³/mol. The lowest BCUT2D eigenvalue weighted by atomic mass is 9.99. The van der Waals surface area contributed by atoms with Crippen LogP contribution in [-0.2, 0) is 16.4 Å². The Morgan fingerprint density at radius 3 is 3.05 bits per heavy atom. The van der Waals surface area contributed by atoms with Crippen LogP contribution in [0.4, 0.5) is 0 Å². The van der Waals surface area contributed by atoms with Crippen LogP contribution in [0.25, 0.3) is 0 Å². The van der Waals surface area contributed by atoms with Crippen molar-refractivity contribution in [1.82, 2.24) is 15.1 Å². The number of nitrogens with one attached hydrogen (secondary N) is 1. The quantitative estimate of drug-likeness (QED) is 0.938. The van der Waals surface area contributed by atoms with Crippen molar-refractivity contribution in [3.63, 3.8) is 0 Å². The van der Waals surface area contributed by atoms with Crippen molar-refractivity contribution in [1.29, 1.82) is 0 Å². The molecule has 0 saturated carbocycles. The maximum Gasteiger partial charge on any atom is 0.178 e. The number of H-pyrrole nitrogens is 1. The molecule has 2 aromatic rings. The van der Waals surface area contributed by atoms with E-state index < -0.39 is 9.84 Å².